The van der Waals surface area contributed by atoms with Crippen LogP contribution in [-0.4, -0.2) is 31.8 Å². The number of nitrogens with zero attached hydrogens (tertiary/aromatic N) is 1. The van der Waals surface area contributed by atoms with E-state index < -0.39 is 4.92 Å². The molecule has 1 N–H and O–H groups in total. The highest BCUT2D eigenvalue weighted by Crippen LogP contribution is 2.26. The minimum Gasteiger partial charge on any atom is -0.496 e. The normalized spacial score (nSPS) is 11.9. The molecular formula is C12H18N2O4. The average Bonchev–Trinajstić information content (AvgIpc) is 2.37. The first-order valence-corrected chi connectivity index (χ1v) is 5.69. The van der Waals surface area contributed by atoms with Crippen LogP contribution < -0.4 is 10.1 Å². The number of hydrogen-bond donors (Lipinski definition) is 1. The van der Waals surface area contributed by atoms with Gasteiger partial charge in [-0.2, -0.15) is 0 Å². The van der Waals surface area contributed by atoms with E-state index in [1.54, 1.807) is 13.2 Å². The lowest BCUT2D eigenvalue weighted by atomic mass is 10.2. The van der Waals surface area contributed by atoms with Crippen molar-refractivity contribution in [1.82, 2.24) is 0 Å². The van der Waals surface area contributed by atoms with Gasteiger partial charge in [0.15, 0.2) is 0 Å². The number of methoxy groups -OCH3 is 2. The van der Waals surface area contributed by atoms with E-state index in [0.29, 0.717) is 18.0 Å². The number of non-ortho nitro benzene ring substituents is 1. The highest BCUT2D eigenvalue weighted by atomic mass is 16.6. The van der Waals surface area contributed by atoms with Gasteiger partial charge in [-0.25, -0.2) is 0 Å². The zero-order valence-electron chi connectivity index (χ0n) is 10.8. The summed E-state index contributed by atoms with van der Waals surface area (Å²) in [5, 5.41) is 14.0. The smallest absolute Gasteiger partial charge is 0.275 e. The molecule has 0 saturated heterocycles. The minimum absolute atomic E-state index is 0.00381. The zero-order chi connectivity index (χ0) is 13.5. The molecule has 6 nitrogen and oxygen atoms in total. The highest BCUT2D eigenvalue weighted by Gasteiger charge is 2.12. The number of hydrogen-bond acceptors (Lipinski definition) is 5. The summed E-state index contributed by atoms with van der Waals surface area (Å²) in [6, 6.07) is 4.72. The lowest BCUT2D eigenvalue weighted by Gasteiger charge is -2.17. The summed E-state index contributed by atoms with van der Waals surface area (Å²) in [5.74, 6) is 0.457. The SMILES string of the molecule is CCC(COC)Nc1cc(OC)cc([N+](=O)[O-])c1. The molecule has 0 amide bonds. The number of anilines is 1. The van der Waals surface area contributed by atoms with Crippen molar-refractivity contribution in [3.8, 4) is 5.75 Å². The van der Waals surface area contributed by atoms with Crippen molar-refractivity contribution in [2.75, 3.05) is 26.1 Å². The summed E-state index contributed by atoms with van der Waals surface area (Å²) in [6.45, 7) is 2.56. The van der Waals surface area contributed by atoms with Crippen LogP contribution in [0.2, 0.25) is 0 Å². The van der Waals surface area contributed by atoms with Gasteiger partial charge in [-0.15, -0.1) is 0 Å². The Morgan fingerprint density at radius 2 is 2.11 bits per heavy atom. The Bertz CT molecular complexity index is 409. The molecule has 1 aromatic rings. The fourth-order valence-corrected chi connectivity index (χ4v) is 1.59. The van der Waals surface area contributed by atoms with E-state index >= 15 is 0 Å². The molecule has 18 heavy (non-hydrogen) atoms. The fourth-order valence-electron chi connectivity index (χ4n) is 1.59. The summed E-state index contributed by atoms with van der Waals surface area (Å²) in [7, 11) is 3.10. The molecule has 0 aliphatic carbocycles. The topological polar surface area (TPSA) is 73.6 Å². The fraction of sp³-hybridized carbons (Fsp3) is 0.500. The Morgan fingerprint density at radius 1 is 1.39 bits per heavy atom. The Labute approximate surface area is 106 Å². The largest absolute Gasteiger partial charge is 0.496 e. The predicted molar refractivity (Wildman–Crippen MR) is 69.2 cm³/mol. The molecule has 6 heteroatoms. The van der Waals surface area contributed by atoms with Gasteiger partial charge in [0.25, 0.3) is 5.69 Å². The molecule has 0 aliphatic rings. The maximum Gasteiger partial charge on any atom is 0.275 e. The summed E-state index contributed by atoms with van der Waals surface area (Å²) in [6.07, 6.45) is 0.860. The van der Waals surface area contributed by atoms with E-state index in [-0.39, 0.29) is 11.7 Å². The van der Waals surface area contributed by atoms with Crippen LogP contribution in [-0.2, 0) is 4.74 Å². The lowest BCUT2D eigenvalue weighted by molar-refractivity contribution is -0.384. The number of benzene rings is 1. The van der Waals surface area contributed by atoms with E-state index in [9.17, 15) is 10.1 Å². The molecule has 0 radical (unpaired) electrons. The summed E-state index contributed by atoms with van der Waals surface area (Å²) in [4.78, 5) is 10.4. The van der Waals surface area contributed by atoms with Crippen LogP contribution in [0.4, 0.5) is 11.4 Å². The van der Waals surface area contributed by atoms with Gasteiger partial charge < -0.3 is 14.8 Å². The molecule has 0 saturated carbocycles. The van der Waals surface area contributed by atoms with Gasteiger partial charge in [-0.05, 0) is 6.42 Å². The van der Waals surface area contributed by atoms with Crippen molar-refractivity contribution < 1.29 is 14.4 Å². The van der Waals surface area contributed by atoms with E-state index in [4.69, 9.17) is 9.47 Å². The lowest BCUT2D eigenvalue weighted by Crippen LogP contribution is -2.23. The summed E-state index contributed by atoms with van der Waals surface area (Å²) < 4.78 is 10.1. The molecule has 1 rings (SSSR count). The van der Waals surface area contributed by atoms with Crippen LogP contribution in [0.25, 0.3) is 0 Å². The van der Waals surface area contributed by atoms with Crippen LogP contribution >= 0.6 is 0 Å². The van der Waals surface area contributed by atoms with Crippen LogP contribution in [0.15, 0.2) is 18.2 Å². The first-order chi connectivity index (χ1) is 8.60. The van der Waals surface area contributed by atoms with Crippen molar-refractivity contribution >= 4 is 11.4 Å². The average molecular weight is 254 g/mol. The first kappa shape index (κ1) is 14.2. The molecule has 0 spiro atoms. The summed E-state index contributed by atoms with van der Waals surface area (Å²) in [5.41, 5.74) is 0.661. The van der Waals surface area contributed by atoms with Crippen molar-refractivity contribution in [2.45, 2.75) is 19.4 Å². The first-order valence-electron chi connectivity index (χ1n) is 5.69. The third kappa shape index (κ3) is 3.89. The highest BCUT2D eigenvalue weighted by molar-refractivity contribution is 5.56. The Morgan fingerprint density at radius 3 is 2.61 bits per heavy atom. The molecule has 0 heterocycles. The van der Waals surface area contributed by atoms with E-state index in [1.807, 2.05) is 6.92 Å². The Hall–Kier alpha value is -1.82. The number of ether oxygens (including phenoxy) is 2. The van der Waals surface area contributed by atoms with Gasteiger partial charge in [-0.1, -0.05) is 6.92 Å². The maximum absolute atomic E-state index is 10.8. The van der Waals surface area contributed by atoms with Crippen molar-refractivity contribution in [2.24, 2.45) is 0 Å². The molecule has 0 bridgehead atoms. The molecular weight excluding hydrogens is 236 g/mol. The van der Waals surface area contributed by atoms with Gasteiger partial charge in [0, 0.05) is 31.0 Å². The molecule has 0 aromatic heterocycles. The number of rotatable bonds is 7. The molecule has 1 unspecified atom stereocenters. The predicted octanol–water partition coefficient (Wildman–Crippen LogP) is 2.44. The van der Waals surface area contributed by atoms with Crippen LogP contribution in [0, 0.1) is 10.1 Å². The van der Waals surface area contributed by atoms with Gasteiger partial charge in [0.1, 0.15) is 5.75 Å². The zero-order valence-corrected chi connectivity index (χ0v) is 10.8. The molecule has 1 aromatic carbocycles. The second-order valence-electron chi connectivity index (χ2n) is 3.88. The quantitative estimate of drug-likeness (QED) is 0.597. The molecule has 0 fully saturated rings. The summed E-state index contributed by atoms with van der Waals surface area (Å²) >= 11 is 0. The second kappa shape index (κ2) is 6.80. The van der Waals surface area contributed by atoms with E-state index in [2.05, 4.69) is 5.32 Å². The minimum atomic E-state index is -0.440. The molecule has 100 valence electrons. The third-order valence-electron chi connectivity index (χ3n) is 2.57. The van der Waals surface area contributed by atoms with Crippen LogP contribution in [0.1, 0.15) is 13.3 Å². The van der Waals surface area contributed by atoms with E-state index in [1.165, 1.54) is 19.2 Å². The molecule has 0 aliphatic heterocycles. The Balaban J connectivity index is 2.93. The number of nitro groups is 1. The van der Waals surface area contributed by atoms with Crippen molar-refractivity contribution in [3.63, 3.8) is 0 Å². The standard InChI is InChI=1S/C12H18N2O4/c1-4-9(8-17-2)13-10-5-11(14(15)16)7-12(6-10)18-3/h5-7,9,13H,4,8H2,1-3H3. The maximum atomic E-state index is 10.8. The number of nitro benzene ring substituents is 1. The van der Waals surface area contributed by atoms with Crippen LogP contribution in [0.5, 0.6) is 5.75 Å². The van der Waals surface area contributed by atoms with E-state index in [0.717, 1.165) is 6.42 Å². The van der Waals surface area contributed by atoms with Gasteiger partial charge >= 0.3 is 0 Å². The molecule has 1 atom stereocenters. The van der Waals surface area contributed by atoms with Gasteiger partial charge in [0.2, 0.25) is 0 Å². The third-order valence-corrected chi connectivity index (χ3v) is 2.57. The van der Waals surface area contributed by atoms with Crippen molar-refractivity contribution in [3.05, 3.63) is 28.3 Å². The monoisotopic (exact) mass is 254 g/mol. The van der Waals surface area contributed by atoms with Gasteiger partial charge in [0.05, 0.1) is 24.7 Å². The van der Waals surface area contributed by atoms with Gasteiger partial charge in [-0.3, -0.25) is 10.1 Å². The Kier molecular flexibility index (Phi) is 5.38. The second-order valence-corrected chi connectivity index (χ2v) is 3.88. The van der Waals surface area contributed by atoms with Crippen LogP contribution in [0.3, 0.4) is 0 Å². The number of nitrogens with one attached hydrogen (secondary N) is 1. The van der Waals surface area contributed by atoms with Crippen molar-refractivity contribution in [1.29, 1.82) is 0 Å².